The van der Waals surface area contributed by atoms with E-state index in [2.05, 4.69) is 65.5 Å². The molecule has 1 N–H and O–H groups in total. The molecule has 35 heavy (non-hydrogen) atoms. The molecule has 1 saturated heterocycles. The number of furan rings is 1. The van der Waals surface area contributed by atoms with Crippen molar-refractivity contribution < 1.29 is 13.9 Å². The van der Waals surface area contributed by atoms with Crippen molar-refractivity contribution >= 4 is 27.6 Å². The van der Waals surface area contributed by atoms with Gasteiger partial charge in [0, 0.05) is 19.7 Å². The summed E-state index contributed by atoms with van der Waals surface area (Å²) in [5.41, 5.74) is 2.14. The minimum atomic E-state index is -0.232. The quantitative estimate of drug-likeness (QED) is 0.273. The summed E-state index contributed by atoms with van der Waals surface area (Å²) in [6.45, 7) is 3.94. The number of amides is 1. The van der Waals surface area contributed by atoms with Crippen LogP contribution in [0.5, 0.6) is 5.75 Å². The van der Waals surface area contributed by atoms with Crippen LogP contribution in [0.3, 0.4) is 0 Å². The Morgan fingerprint density at radius 3 is 2.57 bits per heavy atom. The zero-order chi connectivity index (χ0) is 24.6. The van der Waals surface area contributed by atoms with Gasteiger partial charge < -0.3 is 19.4 Å². The lowest BCUT2D eigenvalue weighted by Crippen LogP contribution is -2.34. The summed E-state index contributed by atoms with van der Waals surface area (Å²) >= 11 is 0. The Kier molecular flexibility index (Phi) is 8.07. The molecule has 1 fully saturated rings. The lowest BCUT2D eigenvalue weighted by Gasteiger charge is -2.32. The fourth-order valence-electron chi connectivity index (χ4n) is 4.82. The molecule has 0 saturated carbocycles. The average molecular weight is 469 g/mol. The van der Waals surface area contributed by atoms with E-state index in [1.165, 1.54) is 29.2 Å². The number of rotatable bonds is 7. The Morgan fingerprint density at radius 1 is 1.03 bits per heavy atom. The molecule has 4 aromatic rings. The van der Waals surface area contributed by atoms with Crippen molar-refractivity contribution in [2.75, 3.05) is 33.3 Å². The summed E-state index contributed by atoms with van der Waals surface area (Å²) < 4.78 is 11.7. The maximum Gasteiger partial charge on any atom is 0.286 e. The maximum atomic E-state index is 11.9. The Morgan fingerprint density at radius 2 is 1.80 bits per heavy atom. The number of terminal acetylenes is 1. The van der Waals surface area contributed by atoms with Gasteiger partial charge in [-0.1, -0.05) is 48.5 Å². The van der Waals surface area contributed by atoms with Crippen LogP contribution in [0.25, 0.3) is 21.7 Å². The molecule has 0 bridgehead atoms. The molecule has 0 unspecified atom stereocenters. The van der Waals surface area contributed by atoms with Gasteiger partial charge in [-0.3, -0.25) is 4.79 Å². The molecule has 5 rings (SSSR count). The van der Waals surface area contributed by atoms with E-state index in [1.54, 1.807) is 13.1 Å². The Balaban J connectivity index is 0.00000141. The summed E-state index contributed by atoms with van der Waals surface area (Å²) in [4.78, 5) is 14.4. The third-order valence-electron chi connectivity index (χ3n) is 6.68. The smallest absolute Gasteiger partial charge is 0.286 e. The predicted octanol–water partition coefficient (Wildman–Crippen LogP) is 5.84. The van der Waals surface area contributed by atoms with Gasteiger partial charge in [-0.25, -0.2) is 0 Å². The summed E-state index contributed by atoms with van der Waals surface area (Å²) in [6.07, 6.45) is 11.4. The van der Waals surface area contributed by atoms with Crippen molar-refractivity contribution in [3.63, 3.8) is 0 Å². The van der Waals surface area contributed by atoms with Gasteiger partial charge in [0.2, 0.25) is 0 Å². The topological polar surface area (TPSA) is 54.7 Å². The van der Waals surface area contributed by atoms with Gasteiger partial charge >= 0.3 is 0 Å². The van der Waals surface area contributed by atoms with Crippen molar-refractivity contribution in [1.82, 2.24) is 10.2 Å². The Bertz CT molecular complexity index is 1300. The van der Waals surface area contributed by atoms with Crippen molar-refractivity contribution in [2.24, 2.45) is 0 Å². The highest BCUT2D eigenvalue weighted by Crippen LogP contribution is 2.31. The van der Waals surface area contributed by atoms with Crippen LogP contribution in [0.1, 0.15) is 41.3 Å². The average Bonchev–Trinajstić information content (AvgIpc) is 3.37. The van der Waals surface area contributed by atoms with Gasteiger partial charge in [0.25, 0.3) is 5.91 Å². The van der Waals surface area contributed by atoms with Crippen LogP contribution in [0.4, 0.5) is 0 Å². The Hall–Kier alpha value is -3.75. The van der Waals surface area contributed by atoms with E-state index in [0.29, 0.717) is 23.9 Å². The largest absolute Gasteiger partial charge is 0.493 e. The number of nitrogens with zero attached hydrogens (tertiary/aromatic N) is 1. The molecule has 5 nitrogen and oxygen atoms in total. The molecule has 2 heterocycles. The van der Waals surface area contributed by atoms with Crippen LogP contribution in [-0.2, 0) is 0 Å². The molecule has 0 radical (unpaired) electrons. The molecule has 1 aliphatic heterocycles. The van der Waals surface area contributed by atoms with E-state index in [-0.39, 0.29) is 5.91 Å². The number of hydrogen-bond donors (Lipinski definition) is 1. The van der Waals surface area contributed by atoms with E-state index in [1.807, 2.05) is 18.2 Å². The number of hydrogen-bond acceptors (Lipinski definition) is 4. The highest BCUT2D eigenvalue weighted by Gasteiger charge is 2.20. The normalized spacial score (nSPS) is 14.4. The van der Waals surface area contributed by atoms with Gasteiger partial charge in [0.05, 0.1) is 12.0 Å². The lowest BCUT2D eigenvalue weighted by atomic mass is 9.88. The second kappa shape index (κ2) is 11.6. The molecule has 1 aliphatic rings. The predicted molar refractivity (Wildman–Crippen MR) is 142 cm³/mol. The number of ether oxygens (including phenoxy) is 1. The molecule has 0 atom stereocenters. The van der Waals surface area contributed by atoms with E-state index < -0.39 is 0 Å². The summed E-state index contributed by atoms with van der Waals surface area (Å²) in [5, 5.41) is 6.08. The monoisotopic (exact) mass is 468 g/mol. The SMILES string of the molecule is C#C.CNC(=O)c1cc2c(OCCCN3CCC(c4ccc5ccccc5c4)CC3)cccc2o1. The molecular weight excluding hydrogens is 436 g/mol. The molecule has 0 spiro atoms. The third-order valence-corrected chi connectivity index (χ3v) is 6.68. The second-order valence-corrected chi connectivity index (χ2v) is 8.78. The third kappa shape index (κ3) is 5.67. The van der Waals surface area contributed by atoms with E-state index in [9.17, 15) is 4.79 Å². The van der Waals surface area contributed by atoms with Gasteiger partial charge in [-0.15, -0.1) is 12.8 Å². The van der Waals surface area contributed by atoms with E-state index >= 15 is 0 Å². The molecule has 0 aliphatic carbocycles. The molecule has 5 heteroatoms. The van der Waals surface area contributed by atoms with Crippen molar-refractivity contribution in [1.29, 1.82) is 0 Å². The highest BCUT2D eigenvalue weighted by atomic mass is 16.5. The van der Waals surface area contributed by atoms with Crippen molar-refractivity contribution in [3.8, 4) is 18.6 Å². The van der Waals surface area contributed by atoms with Crippen LogP contribution in [0, 0.1) is 12.8 Å². The standard InChI is InChI=1S/C28H30N2O3.C2H2/c1-29-28(31)27-19-24-25(8-4-9-26(24)33-27)32-17-5-14-30-15-12-21(13-16-30)23-11-10-20-6-2-3-7-22(20)18-23;1-2/h2-4,6-11,18-19,21H,5,12-17H2,1H3,(H,29,31);1-2H. The first kappa shape index (κ1) is 24.4. The lowest BCUT2D eigenvalue weighted by molar-refractivity contribution is 0.0938. The number of likely N-dealkylation sites (tertiary alicyclic amines) is 1. The van der Waals surface area contributed by atoms with Gasteiger partial charge in [-0.2, -0.15) is 0 Å². The van der Waals surface area contributed by atoms with Crippen LogP contribution in [0.2, 0.25) is 0 Å². The fraction of sp³-hybridized carbons (Fsp3) is 0.300. The number of nitrogens with one attached hydrogen (secondary N) is 1. The van der Waals surface area contributed by atoms with Crippen LogP contribution in [0.15, 0.2) is 71.1 Å². The minimum absolute atomic E-state index is 0.232. The van der Waals surface area contributed by atoms with Crippen LogP contribution < -0.4 is 10.1 Å². The molecule has 1 aromatic heterocycles. The van der Waals surface area contributed by atoms with Gasteiger partial charge in [0.15, 0.2) is 5.76 Å². The van der Waals surface area contributed by atoms with Gasteiger partial charge in [-0.05, 0) is 66.7 Å². The second-order valence-electron chi connectivity index (χ2n) is 8.78. The summed E-state index contributed by atoms with van der Waals surface area (Å²) in [5.74, 6) is 1.49. The number of piperidine rings is 1. The van der Waals surface area contributed by atoms with Crippen LogP contribution >= 0.6 is 0 Å². The van der Waals surface area contributed by atoms with Gasteiger partial charge in [0.1, 0.15) is 11.3 Å². The first-order valence-electron chi connectivity index (χ1n) is 12.1. The number of carbonyl (C=O) groups excluding carboxylic acids is 1. The fourth-order valence-corrected chi connectivity index (χ4v) is 4.82. The molecule has 1 amide bonds. The zero-order valence-electron chi connectivity index (χ0n) is 20.2. The summed E-state index contributed by atoms with van der Waals surface area (Å²) in [6, 6.07) is 23.0. The van der Waals surface area contributed by atoms with Crippen molar-refractivity contribution in [3.05, 3.63) is 78.1 Å². The first-order chi connectivity index (χ1) is 17.2. The van der Waals surface area contributed by atoms with E-state index in [4.69, 9.17) is 9.15 Å². The minimum Gasteiger partial charge on any atom is -0.493 e. The Labute approximate surface area is 207 Å². The van der Waals surface area contributed by atoms with Crippen molar-refractivity contribution in [2.45, 2.75) is 25.2 Å². The maximum absolute atomic E-state index is 11.9. The first-order valence-corrected chi connectivity index (χ1v) is 12.1. The number of carbonyl (C=O) groups is 1. The molecular formula is C30H32N2O3. The number of benzene rings is 3. The molecule has 3 aromatic carbocycles. The van der Waals surface area contributed by atoms with Crippen LogP contribution in [-0.4, -0.2) is 44.1 Å². The summed E-state index contributed by atoms with van der Waals surface area (Å²) in [7, 11) is 1.59. The zero-order valence-corrected chi connectivity index (χ0v) is 20.2. The van der Waals surface area contributed by atoms with E-state index in [0.717, 1.165) is 37.2 Å². The number of fused-ring (bicyclic) bond motifs is 2. The highest BCUT2D eigenvalue weighted by molar-refractivity contribution is 5.97. The molecule has 180 valence electrons.